The van der Waals surface area contributed by atoms with Crippen LogP contribution in [0.1, 0.15) is 21.6 Å². The molecule has 0 aliphatic carbocycles. The van der Waals surface area contributed by atoms with E-state index in [4.69, 9.17) is 22.3 Å². The number of nitrogens with zero attached hydrogens (tertiary/aromatic N) is 5. The molecule has 5 rings (SSSR count). The van der Waals surface area contributed by atoms with Gasteiger partial charge in [0.1, 0.15) is 17.1 Å². The molecule has 10 heteroatoms. The number of benzene rings is 3. The van der Waals surface area contributed by atoms with Crippen LogP contribution in [-0.4, -0.2) is 44.2 Å². The zero-order valence-corrected chi connectivity index (χ0v) is 24.0. The van der Waals surface area contributed by atoms with E-state index in [1.807, 2.05) is 38.4 Å². The number of nitrogen functional groups attached to an aromatic ring is 1. The Balaban J connectivity index is 1.39. The standard InChI is InChI=1S/C31H30ClN7O2/c1-19-27(31(41)39(38(19)4)25-10-6-9-23(32)16-25)30(40)35-24-13-11-21(12-14-24)28-29(33)34-17-26(36-28)22-8-5-7-20(15-22)18-37(2)3/h5-17H,18H2,1-4H3,(H2,33,34)(H,35,40). The van der Waals surface area contributed by atoms with E-state index in [-0.39, 0.29) is 5.56 Å². The molecular weight excluding hydrogens is 538 g/mol. The Labute approximate surface area is 242 Å². The second kappa shape index (κ2) is 11.4. The third-order valence-corrected chi connectivity index (χ3v) is 7.01. The van der Waals surface area contributed by atoms with Crippen LogP contribution in [0.25, 0.3) is 28.2 Å². The van der Waals surface area contributed by atoms with Gasteiger partial charge >= 0.3 is 0 Å². The van der Waals surface area contributed by atoms with Crippen LogP contribution >= 0.6 is 11.6 Å². The fraction of sp³-hybridized carbons (Fsp3) is 0.161. The second-order valence-corrected chi connectivity index (χ2v) is 10.5. The number of aromatic nitrogens is 4. The van der Waals surface area contributed by atoms with E-state index >= 15 is 0 Å². The third kappa shape index (κ3) is 5.77. The summed E-state index contributed by atoms with van der Waals surface area (Å²) in [5.41, 5.74) is 11.6. The van der Waals surface area contributed by atoms with Crippen LogP contribution in [0, 0.1) is 6.92 Å². The zero-order chi connectivity index (χ0) is 29.3. The van der Waals surface area contributed by atoms with Gasteiger partial charge in [0.15, 0.2) is 0 Å². The molecule has 3 N–H and O–H groups in total. The van der Waals surface area contributed by atoms with Crippen molar-refractivity contribution in [3.63, 3.8) is 0 Å². The minimum Gasteiger partial charge on any atom is -0.382 e. The van der Waals surface area contributed by atoms with Gasteiger partial charge in [0.25, 0.3) is 11.5 Å². The quantitative estimate of drug-likeness (QED) is 0.281. The highest BCUT2D eigenvalue weighted by Crippen LogP contribution is 2.28. The maximum Gasteiger partial charge on any atom is 0.284 e. The fourth-order valence-corrected chi connectivity index (χ4v) is 4.90. The Bertz CT molecular complexity index is 1810. The maximum absolute atomic E-state index is 13.3. The molecular formula is C31H30ClN7O2. The lowest BCUT2D eigenvalue weighted by Crippen LogP contribution is -2.25. The summed E-state index contributed by atoms with van der Waals surface area (Å²) in [6.07, 6.45) is 1.67. The molecule has 0 unspecified atom stereocenters. The van der Waals surface area contributed by atoms with Gasteiger partial charge in [0.05, 0.1) is 23.3 Å². The molecule has 0 saturated heterocycles. The Hall–Kier alpha value is -4.73. The van der Waals surface area contributed by atoms with E-state index in [1.54, 1.807) is 61.2 Å². The van der Waals surface area contributed by atoms with Crippen LogP contribution in [0.3, 0.4) is 0 Å². The fourth-order valence-electron chi connectivity index (χ4n) is 4.72. The molecule has 0 aliphatic rings. The number of carbonyl (C=O) groups is 1. The molecule has 9 nitrogen and oxygen atoms in total. The highest BCUT2D eigenvalue weighted by molar-refractivity contribution is 6.30. The minimum atomic E-state index is -0.504. The van der Waals surface area contributed by atoms with Crippen LogP contribution < -0.4 is 16.6 Å². The molecule has 0 radical (unpaired) electrons. The van der Waals surface area contributed by atoms with Crippen LogP contribution in [0.5, 0.6) is 0 Å². The van der Waals surface area contributed by atoms with Gasteiger partial charge in [-0.1, -0.05) is 48.0 Å². The molecule has 2 heterocycles. The summed E-state index contributed by atoms with van der Waals surface area (Å²) < 4.78 is 3.06. The Kier molecular flexibility index (Phi) is 7.74. The molecule has 0 spiro atoms. The number of hydrogen-bond donors (Lipinski definition) is 2. The largest absolute Gasteiger partial charge is 0.382 e. The SMILES string of the molecule is Cc1c(C(=O)Nc2ccc(-c3nc(-c4cccc(CN(C)C)c4)cnc3N)cc2)c(=O)n(-c2cccc(Cl)c2)n1C. The molecule has 0 bridgehead atoms. The highest BCUT2D eigenvalue weighted by atomic mass is 35.5. The molecule has 208 valence electrons. The third-order valence-electron chi connectivity index (χ3n) is 6.77. The number of anilines is 2. The number of nitrogens with one attached hydrogen (secondary N) is 1. The number of amides is 1. The van der Waals surface area contributed by atoms with Gasteiger partial charge in [-0.05, 0) is 63.0 Å². The van der Waals surface area contributed by atoms with Gasteiger partial charge in [0, 0.05) is 35.4 Å². The van der Waals surface area contributed by atoms with Gasteiger partial charge in [-0.2, -0.15) is 0 Å². The molecule has 0 atom stereocenters. The number of hydrogen-bond acceptors (Lipinski definition) is 6. The summed E-state index contributed by atoms with van der Waals surface area (Å²) in [7, 11) is 5.77. The molecule has 2 aromatic heterocycles. The minimum absolute atomic E-state index is 0.0517. The molecule has 0 saturated carbocycles. The Morgan fingerprint density at radius 1 is 1.02 bits per heavy atom. The van der Waals surface area contributed by atoms with Gasteiger partial charge in [-0.15, -0.1) is 0 Å². The first-order valence-electron chi connectivity index (χ1n) is 12.9. The predicted molar refractivity (Wildman–Crippen MR) is 163 cm³/mol. The summed E-state index contributed by atoms with van der Waals surface area (Å²) in [5, 5.41) is 3.33. The molecule has 41 heavy (non-hydrogen) atoms. The van der Waals surface area contributed by atoms with Gasteiger partial charge in [-0.3, -0.25) is 14.3 Å². The van der Waals surface area contributed by atoms with E-state index in [2.05, 4.69) is 27.3 Å². The van der Waals surface area contributed by atoms with Gasteiger partial charge in [0.2, 0.25) is 0 Å². The van der Waals surface area contributed by atoms with Crippen LogP contribution in [0.4, 0.5) is 11.5 Å². The molecule has 1 amide bonds. The maximum atomic E-state index is 13.3. The average Bonchev–Trinajstić information content (AvgIpc) is 3.16. The van der Waals surface area contributed by atoms with Crippen LogP contribution in [0.2, 0.25) is 5.02 Å². The second-order valence-electron chi connectivity index (χ2n) is 10.0. The summed E-state index contributed by atoms with van der Waals surface area (Å²) in [6, 6.07) is 22.2. The van der Waals surface area contributed by atoms with Crippen molar-refractivity contribution in [3.05, 3.63) is 111 Å². The van der Waals surface area contributed by atoms with E-state index in [0.717, 1.165) is 17.7 Å². The lowest BCUT2D eigenvalue weighted by atomic mass is 10.1. The van der Waals surface area contributed by atoms with Crippen LogP contribution in [-0.2, 0) is 13.6 Å². The Morgan fingerprint density at radius 2 is 1.76 bits per heavy atom. The van der Waals surface area contributed by atoms with Crippen molar-refractivity contribution in [3.8, 4) is 28.2 Å². The first-order valence-corrected chi connectivity index (χ1v) is 13.3. The van der Waals surface area contributed by atoms with Gasteiger partial charge < -0.3 is 16.0 Å². The summed E-state index contributed by atoms with van der Waals surface area (Å²) >= 11 is 6.12. The number of nitrogens with two attached hydrogens (primary N) is 1. The van der Waals surface area contributed by atoms with Crippen molar-refractivity contribution in [2.75, 3.05) is 25.1 Å². The van der Waals surface area contributed by atoms with Crippen molar-refractivity contribution >= 4 is 29.0 Å². The highest BCUT2D eigenvalue weighted by Gasteiger charge is 2.22. The zero-order valence-electron chi connectivity index (χ0n) is 23.2. The first kappa shape index (κ1) is 27.8. The van der Waals surface area contributed by atoms with Crippen molar-refractivity contribution in [2.45, 2.75) is 13.5 Å². The smallest absolute Gasteiger partial charge is 0.284 e. The summed E-state index contributed by atoms with van der Waals surface area (Å²) in [6.45, 7) is 2.54. The monoisotopic (exact) mass is 567 g/mol. The van der Waals surface area contributed by atoms with E-state index < -0.39 is 11.5 Å². The number of rotatable bonds is 7. The van der Waals surface area contributed by atoms with E-state index in [9.17, 15) is 9.59 Å². The normalized spacial score (nSPS) is 11.2. The molecule has 3 aromatic carbocycles. The van der Waals surface area contributed by atoms with Crippen molar-refractivity contribution in [2.24, 2.45) is 7.05 Å². The molecule has 0 fully saturated rings. The summed E-state index contributed by atoms with van der Waals surface area (Å²) in [5.74, 6) is -0.202. The molecule has 5 aromatic rings. The topological polar surface area (TPSA) is 111 Å². The Morgan fingerprint density at radius 3 is 2.46 bits per heavy atom. The van der Waals surface area contributed by atoms with E-state index in [1.165, 1.54) is 10.2 Å². The van der Waals surface area contributed by atoms with E-state index in [0.29, 0.717) is 39.3 Å². The summed E-state index contributed by atoms with van der Waals surface area (Å²) in [4.78, 5) is 37.8. The van der Waals surface area contributed by atoms with Crippen molar-refractivity contribution < 1.29 is 4.79 Å². The molecule has 0 aliphatic heterocycles. The van der Waals surface area contributed by atoms with Crippen molar-refractivity contribution in [1.82, 2.24) is 24.2 Å². The number of halogens is 1. The predicted octanol–water partition coefficient (Wildman–Crippen LogP) is 5.16. The first-order chi connectivity index (χ1) is 19.6. The average molecular weight is 568 g/mol. The number of carbonyl (C=O) groups excluding carboxylic acids is 1. The van der Waals surface area contributed by atoms with Crippen molar-refractivity contribution in [1.29, 1.82) is 0 Å². The van der Waals surface area contributed by atoms with Crippen LogP contribution in [0.15, 0.2) is 83.8 Å². The lowest BCUT2D eigenvalue weighted by Gasteiger charge is -2.12. The lowest BCUT2D eigenvalue weighted by molar-refractivity contribution is 0.102. The van der Waals surface area contributed by atoms with Gasteiger partial charge in [-0.25, -0.2) is 14.6 Å².